The predicted octanol–water partition coefficient (Wildman–Crippen LogP) is 3.70. The molecular weight excluding hydrogens is 262 g/mol. The van der Waals surface area contributed by atoms with E-state index in [0.717, 1.165) is 43.1 Å². The van der Waals surface area contributed by atoms with E-state index in [9.17, 15) is 0 Å². The Bertz CT molecular complexity index is 583. The Balaban J connectivity index is 2.25. The minimum atomic E-state index is 0.281. The van der Waals surface area contributed by atoms with Gasteiger partial charge in [-0.3, -0.25) is 4.68 Å². The number of rotatable bonds is 7. The van der Waals surface area contributed by atoms with Gasteiger partial charge in [0.25, 0.3) is 0 Å². The van der Waals surface area contributed by atoms with E-state index in [1.165, 1.54) is 11.3 Å². The van der Waals surface area contributed by atoms with Crippen molar-refractivity contribution in [3.8, 4) is 0 Å². The zero-order chi connectivity index (χ0) is 15.4. The van der Waals surface area contributed by atoms with Crippen LogP contribution in [0, 0.1) is 20.8 Å². The maximum Gasteiger partial charge on any atom is 0.105 e. The summed E-state index contributed by atoms with van der Waals surface area (Å²) in [5, 5.41) is 8.20. The molecule has 2 aromatic heterocycles. The molecule has 1 N–H and O–H groups in total. The summed E-state index contributed by atoms with van der Waals surface area (Å²) >= 11 is 0. The number of nitrogens with one attached hydrogen (secondary N) is 1. The summed E-state index contributed by atoms with van der Waals surface area (Å²) in [6.45, 7) is 12.4. The van der Waals surface area contributed by atoms with E-state index in [4.69, 9.17) is 4.42 Å². The van der Waals surface area contributed by atoms with Crippen LogP contribution in [-0.4, -0.2) is 16.3 Å². The average molecular weight is 289 g/mol. The Hall–Kier alpha value is -1.55. The predicted molar refractivity (Wildman–Crippen MR) is 85.6 cm³/mol. The van der Waals surface area contributed by atoms with E-state index in [2.05, 4.69) is 48.0 Å². The number of furan rings is 1. The highest BCUT2D eigenvalue weighted by atomic mass is 16.3. The van der Waals surface area contributed by atoms with Crippen molar-refractivity contribution >= 4 is 0 Å². The van der Waals surface area contributed by atoms with Crippen LogP contribution >= 0.6 is 0 Å². The molecule has 0 saturated carbocycles. The first-order valence-electron chi connectivity index (χ1n) is 7.88. The second kappa shape index (κ2) is 6.94. The molecular formula is C17H27N3O. The molecule has 1 unspecified atom stereocenters. The van der Waals surface area contributed by atoms with Gasteiger partial charge in [0, 0.05) is 30.3 Å². The molecule has 4 nitrogen and oxygen atoms in total. The lowest BCUT2D eigenvalue weighted by Gasteiger charge is -2.18. The van der Waals surface area contributed by atoms with Crippen molar-refractivity contribution in [2.45, 2.75) is 60.0 Å². The van der Waals surface area contributed by atoms with Crippen LogP contribution in [0.4, 0.5) is 0 Å². The van der Waals surface area contributed by atoms with E-state index in [0.29, 0.717) is 0 Å². The van der Waals surface area contributed by atoms with E-state index in [1.54, 1.807) is 0 Å². The smallest absolute Gasteiger partial charge is 0.105 e. The highest BCUT2D eigenvalue weighted by molar-refractivity contribution is 5.26. The first-order valence-corrected chi connectivity index (χ1v) is 7.88. The van der Waals surface area contributed by atoms with Crippen LogP contribution in [0.3, 0.4) is 0 Å². The molecule has 0 radical (unpaired) electrons. The minimum absolute atomic E-state index is 0.281. The SMILES string of the molecule is CCCNC(Cc1cc(C)nn1CC)c1cc(C)oc1C. The van der Waals surface area contributed by atoms with Gasteiger partial charge in [-0.2, -0.15) is 5.10 Å². The molecule has 2 aromatic rings. The monoisotopic (exact) mass is 289 g/mol. The summed E-state index contributed by atoms with van der Waals surface area (Å²) in [6.07, 6.45) is 2.06. The van der Waals surface area contributed by atoms with Crippen LogP contribution < -0.4 is 5.32 Å². The minimum Gasteiger partial charge on any atom is -0.466 e. The third-order valence-corrected chi connectivity index (χ3v) is 3.79. The Morgan fingerprint density at radius 2 is 2.00 bits per heavy atom. The highest BCUT2D eigenvalue weighted by Crippen LogP contribution is 2.25. The van der Waals surface area contributed by atoms with Crippen LogP contribution in [0.25, 0.3) is 0 Å². The van der Waals surface area contributed by atoms with Gasteiger partial charge in [-0.1, -0.05) is 6.92 Å². The molecule has 0 fully saturated rings. The molecule has 2 rings (SSSR count). The fourth-order valence-corrected chi connectivity index (χ4v) is 2.85. The Morgan fingerprint density at radius 1 is 1.24 bits per heavy atom. The normalized spacial score (nSPS) is 12.8. The lowest BCUT2D eigenvalue weighted by molar-refractivity contribution is 0.472. The second-order valence-corrected chi connectivity index (χ2v) is 5.67. The molecule has 4 heteroatoms. The maximum atomic E-state index is 5.71. The van der Waals surface area contributed by atoms with Crippen LogP contribution in [0.5, 0.6) is 0 Å². The molecule has 0 spiro atoms. The van der Waals surface area contributed by atoms with E-state index < -0.39 is 0 Å². The second-order valence-electron chi connectivity index (χ2n) is 5.67. The van der Waals surface area contributed by atoms with Crippen molar-refractivity contribution in [1.82, 2.24) is 15.1 Å². The summed E-state index contributed by atoms with van der Waals surface area (Å²) in [5.41, 5.74) is 3.63. The van der Waals surface area contributed by atoms with Crippen molar-refractivity contribution in [2.75, 3.05) is 6.54 Å². The molecule has 116 valence electrons. The first kappa shape index (κ1) is 15.8. The van der Waals surface area contributed by atoms with Crippen LogP contribution in [0.15, 0.2) is 16.5 Å². The third kappa shape index (κ3) is 3.76. The molecule has 1 atom stereocenters. The Labute approximate surface area is 127 Å². The average Bonchev–Trinajstić information content (AvgIpc) is 2.96. The Kier molecular flexibility index (Phi) is 5.23. The quantitative estimate of drug-likeness (QED) is 0.845. The van der Waals surface area contributed by atoms with Crippen LogP contribution in [0.2, 0.25) is 0 Å². The van der Waals surface area contributed by atoms with Crippen LogP contribution in [-0.2, 0) is 13.0 Å². The molecule has 0 bridgehead atoms. The largest absolute Gasteiger partial charge is 0.466 e. The highest BCUT2D eigenvalue weighted by Gasteiger charge is 2.19. The standard InChI is InChI=1S/C17H27N3O/c1-6-8-18-17(16-10-13(4)21-14(16)5)11-15-9-12(3)19-20(15)7-2/h9-10,17-18H,6-8,11H2,1-5H3. The van der Waals surface area contributed by atoms with E-state index >= 15 is 0 Å². The number of hydrogen-bond acceptors (Lipinski definition) is 3. The van der Waals surface area contributed by atoms with Gasteiger partial charge in [0.2, 0.25) is 0 Å². The summed E-state index contributed by atoms with van der Waals surface area (Å²) in [6, 6.07) is 4.62. The fourth-order valence-electron chi connectivity index (χ4n) is 2.85. The fraction of sp³-hybridized carbons (Fsp3) is 0.588. The van der Waals surface area contributed by atoms with Gasteiger partial charge >= 0.3 is 0 Å². The van der Waals surface area contributed by atoms with Crippen LogP contribution in [0.1, 0.15) is 54.8 Å². The third-order valence-electron chi connectivity index (χ3n) is 3.79. The zero-order valence-corrected chi connectivity index (χ0v) is 13.9. The first-order chi connectivity index (χ1) is 10.0. The summed E-state index contributed by atoms with van der Waals surface area (Å²) < 4.78 is 7.81. The molecule has 0 saturated heterocycles. The van der Waals surface area contributed by atoms with Gasteiger partial charge in [0.05, 0.1) is 5.69 Å². The lowest BCUT2D eigenvalue weighted by Crippen LogP contribution is -2.25. The van der Waals surface area contributed by atoms with Gasteiger partial charge < -0.3 is 9.73 Å². The zero-order valence-electron chi connectivity index (χ0n) is 13.9. The molecule has 0 aliphatic heterocycles. The van der Waals surface area contributed by atoms with Gasteiger partial charge in [-0.15, -0.1) is 0 Å². The van der Waals surface area contributed by atoms with Crippen molar-refractivity contribution in [3.05, 3.63) is 40.6 Å². The number of nitrogens with zero attached hydrogens (tertiary/aromatic N) is 2. The number of aromatic nitrogens is 2. The topological polar surface area (TPSA) is 43.0 Å². The molecule has 21 heavy (non-hydrogen) atoms. The van der Waals surface area contributed by atoms with E-state index in [1.807, 2.05) is 13.8 Å². The molecule has 0 aliphatic rings. The lowest BCUT2D eigenvalue weighted by atomic mass is 10.0. The summed E-state index contributed by atoms with van der Waals surface area (Å²) in [5.74, 6) is 1.99. The number of hydrogen-bond donors (Lipinski definition) is 1. The molecule has 2 heterocycles. The van der Waals surface area contributed by atoms with Crippen molar-refractivity contribution < 1.29 is 4.42 Å². The van der Waals surface area contributed by atoms with Crippen molar-refractivity contribution in [1.29, 1.82) is 0 Å². The molecule has 0 amide bonds. The maximum absolute atomic E-state index is 5.71. The van der Waals surface area contributed by atoms with Gasteiger partial charge in [-0.05, 0) is 52.8 Å². The molecule has 0 aliphatic carbocycles. The summed E-state index contributed by atoms with van der Waals surface area (Å²) in [7, 11) is 0. The van der Waals surface area contributed by atoms with Crippen molar-refractivity contribution in [2.24, 2.45) is 0 Å². The number of aryl methyl sites for hydroxylation is 4. The van der Waals surface area contributed by atoms with Gasteiger partial charge in [0.1, 0.15) is 11.5 Å². The Morgan fingerprint density at radius 3 is 2.57 bits per heavy atom. The summed E-state index contributed by atoms with van der Waals surface area (Å²) in [4.78, 5) is 0. The van der Waals surface area contributed by atoms with Crippen molar-refractivity contribution in [3.63, 3.8) is 0 Å². The van der Waals surface area contributed by atoms with Gasteiger partial charge in [0.15, 0.2) is 0 Å². The van der Waals surface area contributed by atoms with Gasteiger partial charge in [-0.25, -0.2) is 0 Å². The molecule has 0 aromatic carbocycles. The van der Waals surface area contributed by atoms with E-state index in [-0.39, 0.29) is 6.04 Å².